The molecule has 1 aromatic rings. The van der Waals surface area contributed by atoms with Crippen molar-refractivity contribution < 1.29 is 32.5 Å². The molecule has 11 heteroatoms. The number of alkyl carbamates (subject to hydrolysis) is 1. The Hall–Kier alpha value is -2.39. The van der Waals surface area contributed by atoms with E-state index in [-0.39, 0.29) is 24.6 Å². The molecule has 0 radical (unpaired) electrons. The number of morpholine rings is 1. The Morgan fingerprint density at radius 3 is 2.47 bits per heavy atom. The molecule has 0 aliphatic carbocycles. The predicted octanol–water partition coefficient (Wildman–Crippen LogP) is 3.04. The smallest absolute Gasteiger partial charge is 0.407 e. The number of ether oxygens (including phenoxy) is 3. The average Bonchev–Trinajstić information content (AvgIpc) is 2.70. The Balaban J connectivity index is 2.27. The molecular formula is C23H32N2O7S2. The van der Waals surface area contributed by atoms with Crippen LogP contribution in [0.25, 0.3) is 0 Å². The summed E-state index contributed by atoms with van der Waals surface area (Å²) in [5.41, 5.74) is -1.85. The van der Waals surface area contributed by atoms with Crippen LogP contribution in [0.4, 0.5) is 4.79 Å². The molecule has 1 heterocycles. The fourth-order valence-electron chi connectivity index (χ4n) is 3.49. The lowest BCUT2D eigenvalue weighted by molar-refractivity contribution is -0.132. The van der Waals surface area contributed by atoms with Crippen molar-refractivity contribution in [2.45, 2.75) is 69.8 Å². The van der Waals surface area contributed by atoms with Gasteiger partial charge in [0.25, 0.3) is 0 Å². The number of nitrogens with zero attached hydrogens (tertiary/aromatic N) is 1. The van der Waals surface area contributed by atoms with E-state index in [0.717, 1.165) is 4.31 Å². The molecule has 188 valence electrons. The van der Waals surface area contributed by atoms with Crippen LogP contribution in [0.1, 0.15) is 41.5 Å². The van der Waals surface area contributed by atoms with E-state index in [1.54, 1.807) is 41.5 Å². The maximum Gasteiger partial charge on any atom is 0.407 e. The van der Waals surface area contributed by atoms with Crippen LogP contribution in [0.2, 0.25) is 0 Å². The molecule has 1 aliphatic rings. The van der Waals surface area contributed by atoms with Gasteiger partial charge in [-0.05, 0) is 78.0 Å². The van der Waals surface area contributed by atoms with Crippen LogP contribution < -0.4 is 10.1 Å². The van der Waals surface area contributed by atoms with Gasteiger partial charge in [0, 0.05) is 13.1 Å². The van der Waals surface area contributed by atoms with Crippen molar-refractivity contribution in [3.05, 3.63) is 24.3 Å². The van der Waals surface area contributed by atoms with Crippen molar-refractivity contribution in [1.82, 2.24) is 9.62 Å². The third-order valence-corrected chi connectivity index (χ3v) is 6.89. The van der Waals surface area contributed by atoms with Crippen molar-refractivity contribution in [1.29, 1.82) is 0 Å². The number of carbonyl (C=O) groups excluding carboxylic acids is 1. The van der Waals surface area contributed by atoms with Crippen LogP contribution in [0, 0.1) is 11.8 Å². The summed E-state index contributed by atoms with van der Waals surface area (Å²) in [5, 5.41) is 12.3. The first-order chi connectivity index (χ1) is 15.7. The number of hydrogen-bond donors (Lipinski definition) is 2. The number of aliphatic hydroxyl groups is 1. The van der Waals surface area contributed by atoms with Crippen molar-refractivity contribution >= 4 is 33.4 Å². The minimum absolute atomic E-state index is 0.000512. The summed E-state index contributed by atoms with van der Waals surface area (Å²) in [7, 11) is -4.09. The summed E-state index contributed by atoms with van der Waals surface area (Å²) in [6.07, 6.45) is -1.36. The van der Waals surface area contributed by atoms with Gasteiger partial charge >= 0.3 is 6.09 Å². The normalized spacial score (nSPS) is 20.5. The molecule has 1 aromatic carbocycles. The summed E-state index contributed by atoms with van der Waals surface area (Å²) in [6, 6.07) is 4.78. The van der Waals surface area contributed by atoms with E-state index in [1.165, 1.54) is 24.3 Å². The monoisotopic (exact) mass is 512 g/mol. The van der Waals surface area contributed by atoms with Gasteiger partial charge in [-0.1, -0.05) is 5.92 Å². The van der Waals surface area contributed by atoms with E-state index in [9.17, 15) is 18.3 Å². The minimum atomic E-state index is -4.09. The number of sulfonamides is 1. The first-order valence-corrected chi connectivity index (χ1v) is 12.5. The predicted molar refractivity (Wildman–Crippen MR) is 131 cm³/mol. The number of thiocarbonyl (C=S) groups is 1. The van der Waals surface area contributed by atoms with Gasteiger partial charge in [-0.25, -0.2) is 13.2 Å². The summed E-state index contributed by atoms with van der Waals surface area (Å²) < 4.78 is 44.9. The van der Waals surface area contributed by atoms with Gasteiger partial charge in [-0.2, -0.15) is 4.31 Å². The zero-order valence-corrected chi connectivity index (χ0v) is 21.9. The summed E-state index contributed by atoms with van der Waals surface area (Å²) in [4.78, 5) is 12.1. The van der Waals surface area contributed by atoms with E-state index in [4.69, 9.17) is 26.4 Å². The molecule has 0 unspecified atom stereocenters. The maximum absolute atomic E-state index is 13.6. The number of hydrogen-bond acceptors (Lipinski definition) is 7. The van der Waals surface area contributed by atoms with E-state index in [0.29, 0.717) is 5.75 Å². The van der Waals surface area contributed by atoms with E-state index in [1.807, 2.05) is 0 Å². The number of carbonyl (C=O) groups is 1. The maximum atomic E-state index is 13.6. The van der Waals surface area contributed by atoms with Gasteiger partial charge in [-0.15, -0.1) is 5.92 Å². The van der Waals surface area contributed by atoms with Gasteiger partial charge in [0.2, 0.25) is 10.0 Å². The lowest BCUT2D eigenvalue weighted by atomic mass is 9.96. The number of amides is 1. The Morgan fingerprint density at radius 2 is 1.94 bits per heavy atom. The summed E-state index contributed by atoms with van der Waals surface area (Å²) in [5.74, 6) is 5.95. The van der Waals surface area contributed by atoms with Crippen molar-refractivity contribution in [3.8, 4) is 17.6 Å². The zero-order chi connectivity index (χ0) is 25.7. The van der Waals surface area contributed by atoms with Crippen LogP contribution in [0.3, 0.4) is 0 Å². The molecular weight excluding hydrogens is 480 g/mol. The third-order valence-electron chi connectivity index (χ3n) is 4.83. The second-order valence-corrected chi connectivity index (χ2v) is 11.5. The molecule has 1 amide bonds. The van der Waals surface area contributed by atoms with Gasteiger partial charge < -0.3 is 24.6 Å². The average molecular weight is 513 g/mol. The molecule has 0 saturated carbocycles. The SMILES string of the molecule is CC#CCOc1ccc(S(=O)(=O)N2C[C@@H](CNC(=O)OC(C)(C)C)OC(C)(C)[C@H]2C(O)=S)cc1. The largest absolute Gasteiger partial charge is 0.501 e. The van der Waals surface area contributed by atoms with Gasteiger partial charge in [0.1, 0.15) is 24.0 Å². The zero-order valence-electron chi connectivity index (χ0n) is 20.2. The van der Waals surface area contributed by atoms with Crippen LogP contribution in [0.5, 0.6) is 5.75 Å². The van der Waals surface area contributed by atoms with Crippen LogP contribution in [0.15, 0.2) is 29.2 Å². The van der Waals surface area contributed by atoms with Crippen LogP contribution >= 0.6 is 12.2 Å². The van der Waals surface area contributed by atoms with Crippen molar-refractivity contribution in [3.63, 3.8) is 0 Å². The van der Waals surface area contributed by atoms with Gasteiger partial charge in [-0.3, -0.25) is 0 Å². The second-order valence-electron chi connectivity index (χ2n) is 9.23. The standard InChI is InChI=1S/C23H32N2O7S2/c1-7-8-13-30-16-9-11-18(12-10-16)34(28,29)25-15-17(14-24-21(27)32-22(2,3)4)31-23(5,6)19(25)20(26)33/h9-12,17,19H,13-15H2,1-6H3,(H,24,27)(H,26,33)/t17-,19-/m1/s1. The molecule has 0 bridgehead atoms. The molecule has 1 aliphatic heterocycles. The Kier molecular flexibility index (Phi) is 8.93. The number of nitrogens with one attached hydrogen (secondary N) is 1. The molecule has 2 rings (SSSR count). The molecule has 0 aromatic heterocycles. The first-order valence-electron chi connectivity index (χ1n) is 10.7. The van der Waals surface area contributed by atoms with Gasteiger partial charge in [0.05, 0.1) is 16.6 Å². The lowest BCUT2D eigenvalue weighted by Gasteiger charge is -2.47. The minimum Gasteiger partial charge on any atom is -0.501 e. The fourth-order valence-corrected chi connectivity index (χ4v) is 5.72. The summed E-state index contributed by atoms with van der Waals surface area (Å²) >= 11 is 4.99. The number of benzene rings is 1. The molecule has 0 spiro atoms. The molecule has 2 atom stereocenters. The van der Waals surface area contributed by atoms with Crippen molar-refractivity contribution in [2.75, 3.05) is 19.7 Å². The number of aliphatic hydroxyl groups excluding tert-OH is 1. The molecule has 2 N–H and O–H groups in total. The van der Waals surface area contributed by atoms with Crippen molar-refractivity contribution in [2.24, 2.45) is 0 Å². The molecule has 9 nitrogen and oxygen atoms in total. The Morgan fingerprint density at radius 1 is 1.32 bits per heavy atom. The molecule has 34 heavy (non-hydrogen) atoms. The highest BCUT2D eigenvalue weighted by Gasteiger charge is 2.50. The van der Waals surface area contributed by atoms with E-state index >= 15 is 0 Å². The quantitative estimate of drug-likeness (QED) is 0.423. The number of rotatable bonds is 7. The van der Waals surface area contributed by atoms with E-state index in [2.05, 4.69) is 17.2 Å². The Labute approximate surface area is 206 Å². The Bertz CT molecular complexity index is 1050. The fraction of sp³-hybridized carbons (Fsp3) is 0.565. The van der Waals surface area contributed by atoms with Gasteiger partial charge in [0.15, 0.2) is 5.05 Å². The highest BCUT2D eigenvalue weighted by Crippen LogP contribution is 2.33. The second kappa shape index (κ2) is 10.9. The first kappa shape index (κ1) is 27.9. The summed E-state index contributed by atoms with van der Waals surface area (Å²) in [6.45, 7) is 10.2. The lowest BCUT2D eigenvalue weighted by Crippen LogP contribution is -2.65. The highest BCUT2D eigenvalue weighted by atomic mass is 32.2. The van der Waals surface area contributed by atoms with Crippen LogP contribution in [-0.2, 0) is 19.5 Å². The molecule has 1 saturated heterocycles. The van der Waals surface area contributed by atoms with E-state index < -0.39 is 44.5 Å². The molecule has 1 fully saturated rings. The van der Waals surface area contributed by atoms with Crippen LogP contribution in [-0.4, -0.2) is 72.0 Å². The highest BCUT2D eigenvalue weighted by molar-refractivity contribution is 7.89. The third kappa shape index (κ3) is 7.30. The topological polar surface area (TPSA) is 114 Å².